The maximum atomic E-state index is 4.12. The zero-order chi connectivity index (χ0) is 10.9. The van der Waals surface area contributed by atoms with Gasteiger partial charge in [-0.3, -0.25) is 0 Å². The molecule has 0 aromatic heterocycles. The molecule has 1 unspecified atom stereocenters. The molecule has 0 saturated heterocycles. The van der Waals surface area contributed by atoms with Gasteiger partial charge in [0.25, 0.3) is 0 Å². The van der Waals surface area contributed by atoms with E-state index in [1.165, 1.54) is 44.9 Å². The van der Waals surface area contributed by atoms with Gasteiger partial charge >= 0.3 is 0 Å². The molecular weight excluding hydrogens is 299 g/mol. The number of hydrogen-bond acceptors (Lipinski definition) is 2. The summed E-state index contributed by atoms with van der Waals surface area (Å²) in [4.78, 5) is 0. The summed E-state index contributed by atoms with van der Waals surface area (Å²) in [5.41, 5.74) is 0. The highest BCUT2D eigenvalue weighted by Gasteiger charge is 2.09. The van der Waals surface area contributed by atoms with Crippen molar-refractivity contribution >= 4 is 22.6 Å². The number of halogens is 1. The SMILES string of the molecule is CCCCCCCCC1C=C(I)N=NC1. The van der Waals surface area contributed by atoms with Gasteiger partial charge in [0, 0.05) is 5.92 Å². The topological polar surface area (TPSA) is 24.7 Å². The van der Waals surface area contributed by atoms with Crippen LogP contribution in [0.3, 0.4) is 0 Å². The van der Waals surface area contributed by atoms with E-state index in [0.717, 1.165) is 10.2 Å². The average Bonchev–Trinajstić information content (AvgIpc) is 2.23. The zero-order valence-electron chi connectivity index (χ0n) is 9.58. The van der Waals surface area contributed by atoms with Crippen molar-refractivity contribution in [2.24, 2.45) is 16.1 Å². The van der Waals surface area contributed by atoms with Crippen LogP contribution in [0, 0.1) is 5.92 Å². The molecule has 86 valence electrons. The van der Waals surface area contributed by atoms with Crippen molar-refractivity contribution in [3.05, 3.63) is 9.78 Å². The molecule has 0 saturated carbocycles. The average molecular weight is 320 g/mol. The largest absolute Gasteiger partial charge is 0.188 e. The van der Waals surface area contributed by atoms with Gasteiger partial charge < -0.3 is 0 Å². The van der Waals surface area contributed by atoms with Crippen LogP contribution < -0.4 is 0 Å². The van der Waals surface area contributed by atoms with Gasteiger partial charge in [0.05, 0.1) is 6.54 Å². The van der Waals surface area contributed by atoms with Crippen molar-refractivity contribution in [1.29, 1.82) is 0 Å². The molecule has 15 heavy (non-hydrogen) atoms. The lowest BCUT2D eigenvalue weighted by Crippen LogP contribution is -2.04. The van der Waals surface area contributed by atoms with Crippen molar-refractivity contribution in [2.45, 2.75) is 51.9 Å². The van der Waals surface area contributed by atoms with Crippen LogP contribution in [0.1, 0.15) is 51.9 Å². The fraction of sp³-hybridized carbons (Fsp3) is 0.833. The van der Waals surface area contributed by atoms with Crippen LogP contribution in [0.15, 0.2) is 20.0 Å². The Kier molecular flexibility index (Phi) is 7.22. The smallest absolute Gasteiger partial charge is 0.119 e. The summed E-state index contributed by atoms with van der Waals surface area (Å²) >= 11 is 2.25. The first-order chi connectivity index (χ1) is 7.33. The molecule has 1 atom stereocenters. The Hall–Kier alpha value is 0.0700. The number of unbranched alkanes of at least 4 members (excludes halogenated alkanes) is 5. The molecule has 0 aromatic carbocycles. The van der Waals surface area contributed by atoms with E-state index in [4.69, 9.17) is 0 Å². The van der Waals surface area contributed by atoms with Crippen molar-refractivity contribution in [2.75, 3.05) is 6.54 Å². The highest BCUT2D eigenvalue weighted by molar-refractivity contribution is 14.1. The number of hydrogen-bond donors (Lipinski definition) is 0. The van der Waals surface area contributed by atoms with Crippen LogP contribution in [0.2, 0.25) is 0 Å². The molecular formula is C12H21IN2. The minimum atomic E-state index is 0.653. The van der Waals surface area contributed by atoms with E-state index >= 15 is 0 Å². The van der Waals surface area contributed by atoms with Gasteiger partial charge in [0.2, 0.25) is 0 Å². The maximum absolute atomic E-state index is 4.12. The van der Waals surface area contributed by atoms with Crippen molar-refractivity contribution in [1.82, 2.24) is 0 Å². The Morgan fingerprint density at radius 3 is 2.73 bits per heavy atom. The summed E-state index contributed by atoms with van der Waals surface area (Å²) in [5.74, 6) is 0.653. The fourth-order valence-electron chi connectivity index (χ4n) is 1.86. The van der Waals surface area contributed by atoms with Crippen LogP contribution in [0.25, 0.3) is 0 Å². The summed E-state index contributed by atoms with van der Waals surface area (Å²) in [7, 11) is 0. The predicted octanol–water partition coefficient (Wildman–Crippen LogP) is 5.10. The zero-order valence-corrected chi connectivity index (χ0v) is 11.7. The van der Waals surface area contributed by atoms with E-state index in [1.807, 2.05) is 0 Å². The van der Waals surface area contributed by atoms with Crippen LogP contribution in [0.5, 0.6) is 0 Å². The second-order valence-corrected chi connectivity index (χ2v) is 5.34. The van der Waals surface area contributed by atoms with Gasteiger partial charge in [0.15, 0.2) is 0 Å². The molecule has 0 aliphatic carbocycles. The Bertz CT molecular complexity index is 224. The predicted molar refractivity (Wildman–Crippen MR) is 73.3 cm³/mol. The highest BCUT2D eigenvalue weighted by atomic mass is 127. The normalized spacial score (nSPS) is 20.4. The molecule has 0 radical (unpaired) electrons. The standard InChI is InChI=1S/C12H21IN2/c1-2-3-4-5-6-7-8-11-9-12(13)15-14-10-11/h9,11H,2-8,10H2,1H3. The van der Waals surface area contributed by atoms with Crippen molar-refractivity contribution in [3.63, 3.8) is 0 Å². The second-order valence-electron chi connectivity index (χ2n) is 4.23. The first kappa shape index (κ1) is 13.1. The van der Waals surface area contributed by atoms with Gasteiger partial charge in [0.1, 0.15) is 3.70 Å². The highest BCUT2D eigenvalue weighted by Crippen LogP contribution is 2.22. The molecule has 0 N–H and O–H groups in total. The lowest BCUT2D eigenvalue weighted by atomic mass is 10.00. The van der Waals surface area contributed by atoms with E-state index < -0.39 is 0 Å². The molecule has 0 aromatic rings. The van der Waals surface area contributed by atoms with Crippen molar-refractivity contribution < 1.29 is 0 Å². The van der Waals surface area contributed by atoms with E-state index in [-0.39, 0.29) is 0 Å². The number of rotatable bonds is 7. The van der Waals surface area contributed by atoms with Crippen molar-refractivity contribution in [3.8, 4) is 0 Å². The molecule has 1 aliphatic heterocycles. The molecule has 2 nitrogen and oxygen atoms in total. The van der Waals surface area contributed by atoms with Gasteiger partial charge in [-0.05, 0) is 35.1 Å². The molecule has 1 heterocycles. The first-order valence-corrected chi connectivity index (χ1v) is 7.15. The minimum absolute atomic E-state index is 0.653. The van der Waals surface area contributed by atoms with Crippen LogP contribution in [-0.4, -0.2) is 6.54 Å². The van der Waals surface area contributed by atoms with E-state index in [9.17, 15) is 0 Å². The van der Waals surface area contributed by atoms with Crippen LogP contribution in [-0.2, 0) is 0 Å². The summed E-state index contributed by atoms with van der Waals surface area (Å²) in [6.07, 6.45) is 11.8. The lowest BCUT2D eigenvalue weighted by molar-refractivity contribution is 0.513. The van der Waals surface area contributed by atoms with E-state index in [2.05, 4.69) is 45.8 Å². The molecule has 0 bridgehead atoms. The van der Waals surface area contributed by atoms with E-state index in [0.29, 0.717) is 5.92 Å². The molecule has 1 aliphatic rings. The lowest BCUT2D eigenvalue weighted by Gasteiger charge is -2.12. The molecule has 1 rings (SSSR count). The Morgan fingerprint density at radius 2 is 2.00 bits per heavy atom. The minimum Gasteiger partial charge on any atom is -0.188 e. The second kappa shape index (κ2) is 8.25. The Balaban J connectivity index is 1.98. The molecule has 0 spiro atoms. The maximum Gasteiger partial charge on any atom is 0.119 e. The molecule has 3 heteroatoms. The molecule has 0 amide bonds. The van der Waals surface area contributed by atoms with Gasteiger partial charge in [-0.2, -0.15) is 5.11 Å². The quantitative estimate of drug-likeness (QED) is 0.354. The summed E-state index contributed by atoms with van der Waals surface area (Å²) in [6, 6.07) is 0. The number of nitrogens with zero attached hydrogens (tertiary/aromatic N) is 2. The Labute approximate surface area is 107 Å². The fourth-order valence-corrected chi connectivity index (χ4v) is 2.52. The number of azo groups is 1. The van der Waals surface area contributed by atoms with Gasteiger partial charge in [-0.15, -0.1) is 5.11 Å². The summed E-state index contributed by atoms with van der Waals surface area (Å²) in [5, 5.41) is 8.14. The van der Waals surface area contributed by atoms with E-state index in [1.54, 1.807) is 0 Å². The first-order valence-electron chi connectivity index (χ1n) is 6.07. The third-order valence-corrected chi connectivity index (χ3v) is 3.36. The summed E-state index contributed by atoms with van der Waals surface area (Å²) < 4.78 is 1.06. The molecule has 0 fully saturated rings. The third-order valence-electron chi connectivity index (χ3n) is 2.78. The van der Waals surface area contributed by atoms with Crippen LogP contribution >= 0.6 is 22.6 Å². The monoisotopic (exact) mass is 320 g/mol. The summed E-state index contributed by atoms with van der Waals surface area (Å²) in [6.45, 7) is 3.17. The third kappa shape index (κ3) is 6.28. The van der Waals surface area contributed by atoms with Gasteiger partial charge in [-0.1, -0.05) is 45.4 Å². The van der Waals surface area contributed by atoms with Crippen LogP contribution in [0.4, 0.5) is 0 Å². The Morgan fingerprint density at radius 1 is 1.27 bits per heavy atom. The van der Waals surface area contributed by atoms with Gasteiger partial charge in [-0.25, -0.2) is 0 Å².